The molecule has 0 bridgehead atoms. The molecular weight excluding hydrogens is 447 g/mol. The highest BCUT2D eigenvalue weighted by atomic mass is 79.9. The van der Waals surface area contributed by atoms with Gasteiger partial charge in [-0.2, -0.15) is 17.9 Å². The van der Waals surface area contributed by atoms with Crippen LogP contribution in [0.5, 0.6) is 5.75 Å². The van der Waals surface area contributed by atoms with Crippen LogP contribution in [0.25, 0.3) is 0 Å². The standard InChI is InChI=1S/C18H19BrF3NO3S/c1-11-8-12(2)17(13(3)9-11)27(24,25)23-16(18(20,21)22)10-26-15-6-4-14(19)5-7-15/h4-9,16,23H,10H2,1-3H3. The molecule has 9 heteroatoms. The number of hydrogen-bond donors (Lipinski definition) is 1. The number of alkyl halides is 3. The summed E-state index contributed by atoms with van der Waals surface area (Å²) in [4.78, 5) is -0.147. The summed E-state index contributed by atoms with van der Waals surface area (Å²) in [6.45, 7) is 4.01. The summed E-state index contributed by atoms with van der Waals surface area (Å²) in [5, 5.41) is 0. The Morgan fingerprint density at radius 2 is 1.59 bits per heavy atom. The average molecular weight is 466 g/mol. The monoisotopic (exact) mass is 465 g/mol. The van der Waals surface area contributed by atoms with Crippen molar-refractivity contribution >= 4 is 26.0 Å². The van der Waals surface area contributed by atoms with Crippen molar-refractivity contribution in [2.24, 2.45) is 0 Å². The summed E-state index contributed by atoms with van der Waals surface area (Å²) in [6, 6.07) is 7.04. The van der Waals surface area contributed by atoms with E-state index in [2.05, 4.69) is 15.9 Å². The van der Waals surface area contributed by atoms with E-state index in [0.717, 1.165) is 10.0 Å². The van der Waals surface area contributed by atoms with Crippen LogP contribution in [0, 0.1) is 20.8 Å². The molecule has 148 valence electrons. The first-order chi connectivity index (χ1) is 12.4. The average Bonchev–Trinajstić information content (AvgIpc) is 2.50. The summed E-state index contributed by atoms with van der Waals surface area (Å²) in [5.41, 5.74) is 1.60. The third-order valence-corrected chi connectivity index (χ3v) is 6.10. The predicted octanol–water partition coefficient (Wildman–Crippen LogP) is 4.66. The summed E-state index contributed by atoms with van der Waals surface area (Å²) >= 11 is 3.21. The van der Waals surface area contributed by atoms with Crippen LogP contribution in [-0.4, -0.2) is 27.2 Å². The first-order valence-corrected chi connectivity index (χ1v) is 10.2. The number of ether oxygens (including phenoxy) is 1. The Balaban J connectivity index is 2.26. The number of rotatable bonds is 6. The van der Waals surface area contributed by atoms with Crippen LogP contribution in [0.2, 0.25) is 0 Å². The third-order valence-electron chi connectivity index (χ3n) is 3.80. The molecule has 0 aliphatic rings. The molecule has 2 rings (SSSR count). The van der Waals surface area contributed by atoms with Crippen LogP contribution in [0.1, 0.15) is 16.7 Å². The molecule has 0 aliphatic heterocycles. The van der Waals surface area contributed by atoms with Crippen LogP contribution in [-0.2, 0) is 10.0 Å². The minimum atomic E-state index is -4.81. The normalized spacial score (nSPS) is 13.4. The molecule has 1 N–H and O–H groups in total. The van der Waals surface area contributed by atoms with Crippen LogP contribution in [0.4, 0.5) is 13.2 Å². The molecule has 0 saturated heterocycles. The highest BCUT2D eigenvalue weighted by molar-refractivity contribution is 9.10. The maximum atomic E-state index is 13.4. The van der Waals surface area contributed by atoms with Crippen molar-refractivity contribution in [2.45, 2.75) is 37.9 Å². The van der Waals surface area contributed by atoms with Gasteiger partial charge >= 0.3 is 6.18 Å². The fourth-order valence-electron chi connectivity index (χ4n) is 2.74. The highest BCUT2D eigenvalue weighted by Crippen LogP contribution is 2.26. The number of halogens is 4. The van der Waals surface area contributed by atoms with Crippen molar-refractivity contribution < 1.29 is 26.3 Å². The van der Waals surface area contributed by atoms with Crippen molar-refractivity contribution in [3.8, 4) is 5.75 Å². The Hall–Kier alpha value is -1.58. The molecule has 0 heterocycles. The summed E-state index contributed by atoms with van der Waals surface area (Å²) < 4.78 is 73.0. The first kappa shape index (κ1) is 21.7. The number of nitrogens with one attached hydrogen (secondary N) is 1. The molecule has 0 saturated carbocycles. The van der Waals surface area contributed by atoms with Crippen LogP contribution in [0.3, 0.4) is 0 Å². The van der Waals surface area contributed by atoms with Gasteiger partial charge in [0.25, 0.3) is 0 Å². The van der Waals surface area contributed by atoms with E-state index in [0.29, 0.717) is 11.1 Å². The molecule has 0 fully saturated rings. The molecular formula is C18H19BrF3NO3S. The maximum absolute atomic E-state index is 13.4. The predicted molar refractivity (Wildman–Crippen MR) is 100 cm³/mol. The second kappa shape index (κ2) is 8.20. The minimum Gasteiger partial charge on any atom is -0.492 e. The molecule has 2 aromatic carbocycles. The summed E-state index contributed by atoms with van der Waals surface area (Å²) in [7, 11) is -4.39. The molecule has 27 heavy (non-hydrogen) atoms. The summed E-state index contributed by atoms with van der Waals surface area (Å²) in [5.74, 6) is 0.203. The lowest BCUT2D eigenvalue weighted by molar-refractivity contribution is -0.157. The van der Waals surface area contributed by atoms with Gasteiger partial charge < -0.3 is 4.74 Å². The van der Waals surface area contributed by atoms with E-state index in [1.807, 2.05) is 0 Å². The van der Waals surface area contributed by atoms with Crippen molar-refractivity contribution in [2.75, 3.05) is 6.61 Å². The Labute approximate surface area is 164 Å². The Bertz CT molecular complexity index is 889. The van der Waals surface area contributed by atoms with E-state index >= 15 is 0 Å². The largest absolute Gasteiger partial charge is 0.492 e. The Morgan fingerprint density at radius 1 is 1.07 bits per heavy atom. The van der Waals surface area contributed by atoms with Gasteiger partial charge in [0.15, 0.2) is 6.04 Å². The van der Waals surface area contributed by atoms with Gasteiger partial charge in [-0.15, -0.1) is 0 Å². The van der Waals surface area contributed by atoms with Gasteiger partial charge in [-0.1, -0.05) is 33.6 Å². The van der Waals surface area contributed by atoms with Gasteiger partial charge in [-0.3, -0.25) is 0 Å². The lowest BCUT2D eigenvalue weighted by Crippen LogP contribution is -2.49. The molecule has 0 amide bonds. The van der Waals surface area contributed by atoms with Gasteiger partial charge in [0.05, 0.1) is 4.90 Å². The topological polar surface area (TPSA) is 55.4 Å². The van der Waals surface area contributed by atoms with Gasteiger partial charge in [0, 0.05) is 4.47 Å². The lowest BCUT2D eigenvalue weighted by atomic mass is 10.1. The molecule has 1 atom stereocenters. The smallest absolute Gasteiger partial charge is 0.408 e. The molecule has 2 aromatic rings. The van der Waals surface area contributed by atoms with Gasteiger partial charge in [0.2, 0.25) is 10.0 Å². The van der Waals surface area contributed by atoms with Crippen molar-refractivity contribution in [1.82, 2.24) is 4.72 Å². The van der Waals surface area contributed by atoms with Gasteiger partial charge in [-0.05, 0) is 56.2 Å². The second-order valence-electron chi connectivity index (χ2n) is 6.21. The van der Waals surface area contributed by atoms with E-state index in [4.69, 9.17) is 4.74 Å². The molecule has 0 aliphatic carbocycles. The number of benzene rings is 2. The molecule has 4 nitrogen and oxygen atoms in total. The molecule has 0 aromatic heterocycles. The van der Waals surface area contributed by atoms with Crippen molar-refractivity contribution in [3.05, 3.63) is 57.6 Å². The number of hydrogen-bond acceptors (Lipinski definition) is 3. The molecule has 1 unspecified atom stereocenters. The first-order valence-electron chi connectivity index (χ1n) is 7.95. The number of aryl methyl sites for hydroxylation is 3. The Kier molecular flexibility index (Phi) is 6.59. The lowest BCUT2D eigenvalue weighted by Gasteiger charge is -2.23. The van der Waals surface area contributed by atoms with E-state index < -0.39 is 28.8 Å². The highest BCUT2D eigenvalue weighted by Gasteiger charge is 2.43. The molecule has 0 radical (unpaired) electrons. The van der Waals surface area contributed by atoms with E-state index in [9.17, 15) is 21.6 Å². The third kappa shape index (κ3) is 5.70. The maximum Gasteiger partial charge on any atom is 0.408 e. The zero-order valence-electron chi connectivity index (χ0n) is 14.9. The van der Waals surface area contributed by atoms with Crippen LogP contribution >= 0.6 is 15.9 Å². The van der Waals surface area contributed by atoms with E-state index in [1.165, 1.54) is 12.1 Å². The van der Waals surface area contributed by atoms with Crippen LogP contribution in [0.15, 0.2) is 45.8 Å². The van der Waals surface area contributed by atoms with Crippen molar-refractivity contribution in [1.29, 1.82) is 0 Å². The van der Waals surface area contributed by atoms with Gasteiger partial charge in [-0.25, -0.2) is 8.42 Å². The fourth-order valence-corrected chi connectivity index (χ4v) is 4.67. The zero-order valence-corrected chi connectivity index (χ0v) is 17.3. The van der Waals surface area contributed by atoms with Gasteiger partial charge in [0.1, 0.15) is 12.4 Å². The number of sulfonamides is 1. The SMILES string of the molecule is Cc1cc(C)c(S(=O)(=O)NC(COc2ccc(Br)cc2)C(F)(F)F)c(C)c1. The van der Waals surface area contributed by atoms with E-state index in [-0.39, 0.29) is 10.6 Å². The quantitative estimate of drug-likeness (QED) is 0.674. The van der Waals surface area contributed by atoms with E-state index in [1.54, 1.807) is 49.8 Å². The van der Waals surface area contributed by atoms with Crippen LogP contribution < -0.4 is 9.46 Å². The zero-order chi connectivity index (χ0) is 20.4. The second-order valence-corrected chi connectivity index (χ2v) is 8.77. The minimum absolute atomic E-state index is 0.147. The summed E-state index contributed by atoms with van der Waals surface area (Å²) in [6.07, 6.45) is -4.81. The van der Waals surface area contributed by atoms with Crippen molar-refractivity contribution in [3.63, 3.8) is 0 Å². The fraction of sp³-hybridized carbons (Fsp3) is 0.333. The molecule has 0 spiro atoms. The Morgan fingerprint density at radius 3 is 2.07 bits per heavy atom.